The lowest BCUT2D eigenvalue weighted by atomic mass is 10.3. The fourth-order valence-corrected chi connectivity index (χ4v) is 3.92. The van der Waals surface area contributed by atoms with Crippen molar-refractivity contribution in [2.24, 2.45) is 0 Å². The number of aryl methyl sites for hydroxylation is 1. The van der Waals surface area contributed by atoms with E-state index in [1.54, 1.807) is 29.1 Å². The molecule has 0 fully saturated rings. The van der Waals surface area contributed by atoms with E-state index in [9.17, 15) is 8.42 Å². The quantitative estimate of drug-likeness (QED) is 0.676. The lowest BCUT2D eigenvalue weighted by Gasteiger charge is -2.12. The van der Waals surface area contributed by atoms with E-state index >= 15 is 0 Å². The van der Waals surface area contributed by atoms with Crippen molar-refractivity contribution in [3.05, 3.63) is 53.3 Å². The molecule has 0 spiro atoms. The minimum Gasteiger partial charge on any atom is -0.495 e. The average molecular weight is 424 g/mol. The van der Waals surface area contributed by atoms with Crippen LogP contribution in [-0.4, -0.2) is 35.0 Å². The molecule has 130 valence electrons. The van der Waals surface area contributed by atoms with Gasteiger partial charge in [-0.3, -0.25) is 9.29 Å². The van der Waals surface area contributed by atoms with E-state index in [0.29, 0.717) is 10.3 Å². The average Bonchev–Trinajstić information content (AvgIpc) is 3.01. The Morgan fingerprint density at radius 3 is 2.68 bits per heavy atom. The number of nitrogens with zero attached hydrogens (tertiary/aromatic N) is 4. The highest BCUT2D eigenvalue weighted by molar-refractivity contribution is 9.10. The van der Waals surface area contributed by atoms with Crippen molar-refractivity contribution < 1.29 is 13.2 Å². The predicted molar refractivity (Wildman–Crippen MR) is 95.4 cm³/mol. The first kappa shape index (κ1) is 17.4. The summed E-state index contributed by atoms with van der Waals surface area (Å²) in [6, 6.07) is 6.25. The second kappa shape index (κ2) is 6.81. The van der Waals surface area contributed by atoms with Gasteiger partial charge in [0, 0.05) is 22.9 Å². The van der Waals surface area contributed by atoms with E-state index in [1.807, 2.05) is 6.92 Å². The van der Waals surface area contributed by atoms with Crippen LogP contribution in [0.25, 0.3) is 5.82 Å². The maximum Gasteiger partial charge on any atom is 0.266 e. The molecular weight excluding hydrogens is 410 g/mol. The summed E-state index contributed by atoms with van der Waals surface area (Å²) in [6.07, 6.45) is 4.64. The Bertz CT molecular complexity index is 1020. The minimum atomic E-state index is -3.89. The summed E-state index contributed by atoms with van der Waals surface area (Å²) in [5, 5.41) is 0. The molecule has 0 saturated heterocycles. The van der Waals surface area contributed by atoms with Gasteiger partial charge in [-0.25, -0.2) is 23.4 Å². The summed E-state index contributed by atoms with van der Waals surface area (Å²) in [5.74, 6) is 1.60. The maximum atomic E-state index is 12.7. The number of sulfonamides is 1. The second-order valence-corrected chi connectivity index (χ2v) is 7.57. The number of hydrogen-bond acceptors (Lipinski definition) is 6. The SMILES string of the molecule is COc1ccc(Br)cc1S(=O)(=O)Nc1cc(-n2ccnc2C)ncn1. The number of halogens is 1. The van der Waals surface area contributed by atoms with Crippen molar-refractivity contribution in [3.8, 4) is 11.6 Å². The van der Waals surface area contributed by atoms with Crippen LogP contribution in [0, 0.1) is 6.92 Å². The molecule has 0 saturated carbocycles. The van der Waals surface area contributed by atoms with Crippen molar-refractivity contribution in [2.75, 3.05) is 11.8 Å². The van der Waals surface area contributed by atoms with Crippen molar-refractivity contribution in [1.82, 2.24) is 19.5 Å². The zero-order valence-corrected chi connectivity index (χ0v) is 15.7. The van der Waals surface area contributed by atoms with E-state index in [1.165, 1.54) is 25.6 Å². The highest BCUT2D eigenvalue weighted by atomic mass is 79.9. The Morgan fingerprint density at radius 1 is 1.20 bits per heavy atom. The number of benzene rings is 1. The number of ether oxygens (including phenoxy) is 1. The molecule has 3 rings (SSSR count). The standard InChI is InChI=1S/C15H14BrN5O3S/c1-10-17-5-6-21(10)15-8-14(18-9-19-15)20-25(22,23)13-7-11(16)3-4-12(13)24-2/h3-9H,1-2H3,(H,18,19,20). The third-order valence-electron chi connectivity index (χ3n) is 3.38. The molecule has 0 aliphatic rings. The Hall–Kier alpha value is -2.46. The van der Waals surface area contributed by atoms with Crippen molar-refractivity contribution in [2.45, 2.75) is 11.8 Å². The van der Waals surface area contributed by atoms with Gasteiger partial charge < -0.3 is 4.74 Å². The molecule has 3 aromatic rings. The van der Waals surface area contributed by atoms with E-state index in [4.69, 9.17) is 4.74 Å². The summed E-state index contributed by atoms with van der Waals surface area (Å²) >= 11 is 3.27. The predicted octanol–water partition coefficient (Wildman–Crippen LogP) is 2.54. The number of imidazole rings is 1. The Balaban J connectivity index is 1.97. The monoisotopic (exact) mass is 423 g/mol. The van der Waals surface area contributed by atoms with E-state index < -0.39 is 10.0 Å². The smallest absolute Gasteiger partial charge is 0.266 e. The molecule has 0 atom stereocenters. The van der Waals surface area contributed by atoms with Crippen molar-refractivity contribution in [3.63, 3.8) is 0 Å². The summed E-state index contributed by atoms with van der Waals surface area (Å²) in [7, 11) is -2.48. The molecule has 0 aliphatic carbocycles. The van der Waals surface area contributed by atoms with Crippen LogP contribution in [0.15, 0.2) is 52.4 Å². The van der Waals surface area contributed by atoms with Crippen LogP contribution >= 0.6 is 15.9 Å². The summed E-state index contributed by atoms with van der Waals surface area (Å²) in [6.45, 7) is 1.82. The van der Waals surface area contributed by atoms with Gasteiger partial charge in [0.05, 0.1) is 7.11 Å². The van der Waals surface area contributed by atoms with Gasteiger partial charge in [0.15, 0.2) is 0 Å². The lowest BCUT2D eigenvalue weighted by Crippen LogP contribution is -2.15. The van der Waals surface area contributed by atoms with Crippen LogP contribution in [0.5, 0.6) is 5.75 Å². The molecule has 2 aromatic heterocycles. The fourth-order valence-electron chi connectivity index (χ4n) is 2.21. The number of nitrogens with one attached hydrogen (secondary N) is 1. The number of anilines is 1. The van der Waals surface area contributed by atoms with Crippen molar-refractivity contribution in [1.29, 1.82) is 0 Å². The van der Waals surface area contributed by atoms with Gasteiger partial charge in [0.25, 0.3) is 10.0 Å². The molecule has 1 N–H and O–H groups in total. The van der Waals surface area contributed by atoms with Crippen LogP contribution in [-0.2, 0) is 10.0 Å². The minimum absolute atomic E-state index is 0.00310. The molecule has 8 nitrogen and oxygen atoms in total. The maximum absolute atomic E-state index is 12.7. The first-order valence-corrected chi connectivity index (χ1v) is 9.37. The van der Waals surface area contributed by atoms with Crippen LogP contribution in [0.1, 0.15) is 5.82 Å². The van der Waals surface area contributed by atoms with E-state index in [0.717, 1.165) is 5.82 Å². The molecule has 2 heterocycles. The van der Waals surface area contributed by atoms with Crippen LogP contribution in [0.3, 0.4) is 0 Å². The van der Waals surface area contributed by atoms with Crippen molar-refractivity contribution >= 4 is 31.8 Å². The van der Waals surface area contributed by atoms with Gasteiger partial charge in [-0.05, 0) is 25.1 Å². The lowest BCUT2D eigenvalue weighted by molar-refractivity contribution is 0.403. The molecule has 10 heteroatoms. The summed E-state index contributed by atoms with van der Waals surface area (Å²) in [5.41, 5.74) is 0. The van der Waals surface area contributed by atoms with Gasteiger partial charge in [-0.1, -0.05) is 15.9 Å². The van der Waals surface area contributed by atoms with Gasteiger partial charge >= 0.3 is 0 Å². The van der Waals surface area contributed by atoms with Crippen LogP contribution in [0.2, 0.25) is 0 Å². The van der Waals surface area contributed by atoms with E-state index in [-0.39, 0.29) is 16.5 Å². The number of aromatic nitrogens is 4. The fraction of sp³-hybridized carbons (Fsp3) is 0.133. The second-order valence-electron chi connectivity index (χ2n) is 5.01. The number of hydrogen-bond donors (Lipinski definition) is 1. The van der Waals surface area contributed by atoms with Crippen LogP contribution in [0.4, 0.5) is 5.82 Å². The zero-order valence-electron chi connectivity index (χ0n) is 13.3. The Kier molecular flexibility index (Phi) is 4.73. The summed E-state index contributed by atoms with van der Waals surface area (Å²) in [4.78, 5) is 12.2. The molecule has 0 amide bonds. The molecule has 1 aromatic carbocycles. The van der Waals surface area contributed by atoms with Gasteiger partial charge in [0.2, 0.25) is 0 Å². The number of rotatable bonds is 5. The highest BCUT2D eigenvalue weighted by Gasteiger charge is 2.21. The van der Waals surface area contributed by atoms with Gasteiger partial charge in [-0.15, -0.1) is 0 Å². The Morgan fingerprint density at radius 2 is 2.00 bits per heavy atom. The third kappa shape index (κ3) is 3.64. The molecule has 0 aliphatic heterocycles. The topological polar surface area (TPSA) is 99.0 Å². The molecular formula is C15H14BrN5O3S. The molecule has 0 unspecified atom stereocenters. The molecule has 25 heavy (non-hydrogen) atoms. The zero-order chi connectivity index (χ0) is 18.0. The van der Waals surface area contributed by atoms with Gasteiger partial charge in [-0.2, -0.15) is 0 Å². The highest BCUT2D eigenvalue weighted by Crippen LogP contribution is 2.28. The largest absolute Gasteiger partial charge is 0.495 e. The third-order valence-corrected chi connectivity index (χ3v) is 5.25. The Labute approximate surface area is 153 Å². The normalized spacial score (nSPS) is 11.3. The summed E-state index contributed by atoms with van der Waals surface area (Å²) < 4.78 is 35.3. The first-order valence-electron chi connectivity index (χ1n) is 7.09. The molecule has 0 bridgehead atoms. The molecule has 0 radical (unpaired) electrons. The first-order chi connectivity index (χ1) is 11.9. The number of methoxy groups -OCH3 is 1. The van der Waals surface area contributed by atoms with Crippen LogP contribution < -0.4 is 9.46 Å². The van der Waals surface area contributed by atoms with Gasteiger partial charge in [0.1, 0.15) is 34.4 Å². The van der Waals surface area contributed by atoms with E-state index in [2.05, 4.69) is 35.6 Å².